The summed E-state index contributed by atoms with van der Waals surface area (Å²) in [6.07, 6.45) is -0.0730. The van der Waals surface area contributed by atoms with Crippen LogP contribution in [0.25, 0.3) is 0 Å². The molecule has 0 spiro atoms. The van der Waals surface area contributed by atoms with E-state index < -0.39 is 11.7 Å². The van der Waals surface area contributed by atoms with Gasteiger partial charge in [0.25, 0.3) is 0 Å². The Hall–Kier alpha value is -2.34. The van der Waals surface area contributed by atoms with Crippen LogP contribution in [0.1, 0.15) is 94.6 Å². The Bertz CT molecular complexity index is 884. The molecule has 3 unspecified atom stereocenters. The van der Waals surface area contributed by atoms with E-state index >= 15 is 0 Å². The highest BCUT2D eigenvalue weighted by atomic mass is 19.4. The Morgan fingerprint density at radius 2 is 1.69 bits per heavy atom. The molecule has 0 saturated carbocycles. The van der Waals surface area contributed by atoms with E-state index in [9.17, 15) is 18.0 Å². The second-order valence-corrected chi connectivity index (χ2v) is 9.06. The second kappa shape index (κ2) is 16.4. The van der Waals surface area contributed by atoms with Gasteiger partial charge in [-0.05, 0) is 62.3 Å². The van der Waals surface area contributed by atoms with E-state index in [0.717, 1.165) is 43.7 Å². The Morgan fingerprint density at radius 1 is 1.03 bits per heavy atom. The monoisotopic (exact) mass is 507 g/mol. The van der Waals surface area contributed by atoms with Crippen LogP contribution in [0.4, 0.5) is 13.2 Å². The van der Waals surface area contributed by atoms with Crippen molar-refractivity contribution in [3.63, 3.8) is 0 Å². The molecule has 202 valence electrons. The maximum atomic E-state index is 13.1. The zero-order chi connectivity index (χ0) is 27.1. The molecule has 1 amide bonds. The zero-order valence-electron chi connectivity index (χ0n) is 22.8. The summed E-state index contributed by atoms with van der Waals surface area (Å²) in [5, 5.41) is 2.90. The third kappa shape index (κ3) is 10.7. The molecule has 1 heterocycles. The Balaban J connectivity index is 0.000000609. The number of ether oxygens (including phenoxy) is 1. The molecule has 2 aromatic carbocycles. The van der Waals surface area contributed by atoms with Crippen LogP contribution in [-0.4, -0.2) is 18.6 Å². The summed E-state index contributed by atoms with van der Waals surface area (Å²) in [5.74, 6) is 0.184. The van der Waals surface area contributed by atoms with Crippen molar-refractivity contribution < 1.29 is 22.7 Å². The van der Waals surface area contributed by atoms with Crippen molar-refractivity contribution in [2.45, 2.75) is 98.5 Å². The fourth-order valence-electron chi connectivity index (χ4n) is 4.14. The van der Waals surface area contributed by atoms with Crippen LogP contribution in [0.3, 0.4) is 0 Å². The van der Waals surface area contributed by atoms with Gasteiger partial charge in [0.15, 0.2) is 0 Å². The van der Waals surface area contributed by atoms with E-state index in [1.54, 1.807) is 0 Å². The van der Waals surface area contributed by atoms with Crippen LogP contribution in [-0.2, 0) is 15.7 Å². The summed E-state index contributed by atoms with van der Waals surface area (Å²) in [4.78, 5) is 11.8. The van der Waals surface area contributed by atoms with Gasteiger partial charge in [-0.2, -0.15) is 13.2 Å². The fourth-order valence-corrected chi connectivity index (χ4v) is 4.14. The number of rotatable bonds is 7. The third-order valence-corrected chi connectivity index (χ3v) is 6.29. The quantitative estimate of drug-likeness (QED) is 0.407. The first-order valence-corrected chi connectivity index (χ1v) is 13.3. The van der Waals surface area contributed by atoms with Crippen LogP contribution in [0, 0.1) is 19.8 Å². The molecular weight excluding hydrogens is 463 g/mol. The van der Waals surface area contributed by atoms with Gasteiger partial charge < -0.3 is 10.1 Å². The van der Waals surface area contributed by atoms with Gasteiger partial charge in [-0.3, -0.25) is 4.79 Å². The lowest BCUT2D eigenvalue weighted by molar-refractivity contribution is -0.138. The SMILES string of the molecule is CC.CCCCC(=O)NCC1CCC(CC)C(c2cc(C(F)(F)F)ccc2C)O1.Cc1ccccc1. The van der Waals surface area contributed by atoms with Crippen LogP contribution >= 0.6 is 0 Å². The average molecular weight is 508 g/mol. The van der Waals surface area contributed by atoms with Gasteiger partial charge in [0.05, 0.1) is 17.8 Å². The number of carbonyl (C=O) groups excluding carboxylic acids is 1. The van der Waals surface area contributed by atoms with Gasteiger partial charge in [0.2, 0.25) is 5.91 Å². The minimum absolute atomic E-state index is 0.00450. The van der Waals surface area contributed by atoms with Gasteiger partial charge in [-0.1, -0.05) is 82.5 Å². The number of carbonyl (C=O) groups is 1. The minimum Gasteiger partial charge on any atom is -0.368 e. The molecule has 1 saturated heterocycles. The number of benzene rings is 2. The molecule has 6 heteroatoms. The maximum absolute atomic E-state index is 13.1. The predicted molar refractivity (Wildman–Crippen MR) is 142 cm³/mol. The second-order valence-electron chi connectivity index (χ2n) is 9.06. The standard InChI is InChI=1S/C21H30F3NO2.C7H8.C2H6/c1-4-6-7-19(26)25-13-17-11-9-15(5-2)20(27-17)18-12-16(21(22,23)24)10-8-14(18)3;1-7-5-3-2-4-6-7;1-2/h8,10,12,15,17,20H,4-7,9,11,13H2,1-3H3,(H,25,26);2-6H,1H3;1-2H3. The molecule has 3 nitrogen and oxygen atoms in total. The molecule has 0 bridgehead atoms. The van der Waals surface area contributed by atoms with Crippen molar-refractivity contribution in [2.24, 2.45) is 5.92 Å². The van der Waals surface area contributed by atoms with E-state index in [1.807, 2.05) is 52.8 Å². The predicted octanol–water partition coefficient (Wildman–Crippen LogP) is 8.59. The summed E-state index contributed by atoms with van der Waals surface area (Å²) in [6.45, 7) is 12.4. The van der Waals surface area contributed by atoms with Gasteiger partial charge in [-0.15, -0.1) is 0 Å². The molecular formula is C30H44F3NO2. The molecule has 3 atom stereocenters. The zero-order valence-corrected chi connectivity index (χ0v) is 22.8. The number of amides is 1. The van der Waals surface area contributed by atoms with Gasteiger partial charge in [-0.25, -0.2) is 0 Å². The number of aryl methyl sites for hydroxylation is 2. The molecule has 0 aliphatic carbocycles. The van der Waals surface area contributed by atoms with E-state index in [-0.39, 0.29) is 24.0 Å². The number of hydrogen-bond acceptors (Lipinski definition) is 2. The fraction of sp³-hybridized carbons (Fsp3) is 0.567. The van der Waals surface area contributed by atoms with Crippen molar-refractivity contribution in [3.05, 3.63) is 70.8 Å². The Labute approximate surface area is 215 Å². The topological polar surface area (TPSA) is 38.3 Å². The van der Waals surface area contributed by atoms with Crippen molar-refractivity contribution in [1.82, 2.24) is 5.32 Å². The summed E-state index contributed by atoms with van der Waals surface area (Å²) >= 11 is 0. The smallest absolute Gasteiger partial charge is 0.368 e. The largest absolute Gasteiger partial charge is 0.416 e. The molecule has 36 heavy (non-hydrogen) atoms. The van der Waals surface area contributed by atoms with E-state index in [4.69, 9.17) is 4.74 Å². The summed E-state index contributed by atoms with van der Waals surface area (Å²) in [5.41, 5.74) is 2.09. The number of hydrogen-bond donors (Lipinski definition) is 1. The van der Waals surface area contributed by atoms with Crippen LogP contribution in [0.5, 0.6) is 0 Å². The first-order valence-electron chi connectivity index (χ1n) is 13.3. The summed E-state index contributed by atoms with van der Waals surface area (Å²) in [7, 11) is 0. The van der Waals surface area contributed by atoms with Gasteiger partial charge >= 0.3 is 6.18 Å². The lowest BCUT2D eigenvalue weighted by atomic mass is 9.83. The van der Waals surface area contributed by atoms with E-state index in [0.29, 0.717) is 18.5 Å². The first-order chi connectivity index (χ1) is 17.2. The lowest BCUT2D eigenvalue weighted by Crippen LogP contribution is -2.38. The van der Waals surface area contributed by atoms with Crippen molar-refractivity contribution in [2.75, 3.05) is 6.54 Å². The minimum atomic E-state index is -4.37. The maximum Gasteiger partial charge on any atom is 0.416 e. The average Bonchev–Trinajstić information content (AvgIpc) is 2.87. The normalized spacial score (nSPS) is 19.3. The Kier molecular flexibility index (Phi) is 14.4. The number of unbranched alkanes of at least 4 members (excludes halogenated alkanes) is 1. The van der Waals surface area contributed by atoms with Gasteiger partial charge in [0.1, 0.15) is 0 Å². The molecule has 1 fully saturated rings. The van der Waals surface area contributed by atoms with E-state index in [2.05, 4.69) is 24.4 Å². The third-order valence-electron chi connectivity index (χ3n) is 6.29. The molecule has 2 aromatic rings. The van der Waals surface area contributed by atoms with Crippen LogP contribution in [0.15, 0.2) is 48.5 Å². The summed E-state index contributed by atoms with van der Waals surface area (Å²) < 4.78 is 45.6. The first kappa shape index (κ1) is 31.7. The molecule has 3 rings (SSSR count). The highest BCUT2D eigenvalue weighted by Gasteiger charge is 2.35. The Morgan fingerprint density at radius 3 is 2.22 bits per heavy atom. The van der Waals surface area contributed by atoms with Crippen molar-refractivity contribution in [3.8, 4) is 0 Å². The van der Waals surface area contributed by atoms with Crippen LogP contribution < -0.4 is 5.32 Å². The number of nitrogens with one attached hydrogen (secondary N) is 1. The highest BCUT2D eigenvalue weighted by molar-refractivity contribution is 5.75. The van der Waals surface area contributed by atoms with Crippen molar-refractivity contribution in [1.29, 1.82) is 0 Å². The summed E-state index contributed by atoms with van der Waals surface area (Å²) in [6, 6.07) is 14.1. The van der Waals surface area contributed by atoms with Crippen molar-refractivity contribution >= 4 is 5.91 Å². The lowest BCUT2D eigenvalue weighted by Gasteiger charge is -2.37. The highest BCUT2D eigenvalue weighted by Crippen LogP contribution is 2.41. The molecule has 0 radical (unpaired) electrons. The van der Waals surface area contributed by atoms with Crippen LogP contribution in [0.2, 0.25) is 0 Å². The van der Waals surface area contributed by atoms with E-state index in [1.165, 1.54) is 17.7 Å². The molecule has 0 aromatic heterocycles. The number of alkyl halides is 3. The molecule has 1 aliphatic heterocycles. The molecule has 1 aliphatic rings. The molecule has 1 N–H and O–H groups in total. The number of halogens is 3. The van der Waals surface area contributed by atoms with Gasteiger partial charge in [0, 0.05) is 13.0 Å².